The number of aromatic nitrogens is 2. The zero-order valence-corrected chi connectivity index (χ0v) is 12.7. The number of nitrogens with zero attached hydrogens (tertiary/aromatic N) is 3. The highest BCUT2D eigenvalue weighted by molar-refractivity contribution is 4.99. The second-order valence-corrected chi connectivity index (χ2v) is 6.50. The number of likely N-dealkylation sites (tertiary alicyclic amines) is 1. The molecule has 1 aliphatic heterocycles. The highest BCUT2D eigenvalue weighted by atomic mass is 15.2. The molecule has 0 bridgehead atoms. The molecule has 0 radical (unpaired) electrons. The molecule has 1 unspecified atom stereocenters. The lowest BCUT2D eigenvalue weighted by molar-refractivity contribution is 0.162. The van der Waals surface area contributed by atoms with Crippen molar-refractivity contribution in [1.82, 2.24) is 19.8 Å². The van der Waals surface area contributed by atoms with Crippen LogP contribution in [0.2, 0.25) is 0 Å². The summed E-state index contributed by atoms with van der Waals surface area (Å²) in [5.41, 5.74) is 1.38. The molecule has 2 aliphatic rings. The Balaban J connectivity index is 1.49. The average Bonchev–Trinajstić information content (AvgIpc) is 3.20. The van der Waals surface area contributed by atoms with Gasteiger partial charge in [-0.05, 0) is 51.1 Å². The lowest BCUT2D eigenvalue weighted by Crippen LogP contribution is -2.40. The van der Waals surface area contributed by atoms with Gasteiger partial charge in [0.2, 0.25) is 0 Å². The molecule has 1 saturated heterocycles. The number of aryl methyl sites for hydroxylation is 1. The summed E-state index contributed by atoms with van der Waals surface area (Å²) in [6.07, 6.45) is 10.7. The standard InChI is InChI=1S/C16H28N4/c1-2-7-20-13-17-10-16(20)12-19-8-3-4-14(11-19)9-18-15-5-6-15/h10,13-15,18H,2-9,11-12H2,1H3. The summed E-state index contributed by atoms with van der Waals surface area (Å²) in [5.74, 6) is 0.840. The molecule has 2 fully saturated rings. The van der Waals surface area contributed by atoms with Crippen molar-refractivity contribution >= 4 is 0 Å². The van der Waals surface area contributed by atoms with Crippen LogP contribution >= 0.6 is 0 Å². The third-order valence-corrected chi connectivity index (χ3v) is 4.52. The Morgan fingerprint density at radius 1 is 1.35 bits per heavy atom. The highest BCUT2D eigenvalue weighted by Gasteiger charge is 2.25. The molecule has 4 nitrogen and oxygen atoms in total. The van der Waals surface area contributed by atoms with Crippen molar-refractivity contribution < 1.29 is 0 Å². The second-order valence-electron chi connectivity index (χ2n) is 6.50. The van der Waals surface area contributed by atoms with Crippen LogP contribution in [0.25, 0.3) is 0 Å². The van der Waals surface area contributed by atoms with Crippen LogP contribution in [0.5, 0.6) is 0 Å². The Labute approximate surface area is 122 Å². The maximum atomic E-state index is 4.32. The minimum atomic E-state index is 0.840. The molecule has 1 aromatic heterocycles. The van der Waals surface area contributed by atoms with Gasteiger partial charge in [0.15, 0.2) is 0 Å². The fourth-order valence-electron chi connectivity index (χ4n) is 3.23. The number of imidazole rings is 1. The van der Waals surface area contributed by atoms with Crippen molar-refractivity contribution in [1.29, 1.82) is 0 Å². The van der Waals surface area contributed by atoms with Gasteiger partial charge < -0.3 is 9.88 Å². The van der Waals surface area contributed by atoms with E-state index in [0.717, 1.165) is 25.0 Å². The van der Waals surface area contributed by atoms with E-state index in [1.54, 1.807) is 0 Å². The fraction of sp³-hybridized carbons (Fsp3) is 0.812. The van der Waals surface area contributed by atoms with Crippen LogP contribution in [0.4, 0.5) is 0 Å². The number of hydrogen-bond acceptors (Lipinski definition) is 3. The van der Waals surface area contributed by atoms with E-state index in [9.17, 15) is 0 Å². The first-order valence-electron chi connectivity index (χ1n) is 8.30. The summed E-state index contributed by atoms with van der Waals surface area (Å²) in [6, 6.07) is 0.844. The number of hydrogen-bond donors (Lipinski definition) is 1. The summed E-state index contributed by atoms with van der Waals surface area (Å²) >= 11 is 0. The van der Waals surface area contributed by atoms with Gasteiger partial charge in [0.1, 0.15) is 0 Å². The van der Waals surface area contributed by atoms with E-state index in [1.807, 2.05) is 12.5 Å². The van der Waals surface area contributed by atoms with Gasteiger partial charge in [0, 0.05) is 31.9 Å². The molecule has 2 heterocycles. The van der Waals surface area contributed by atoms with Crippen LogP contribution in [-0.4, -0.2) is 40.1 Å². The van der Waals surface area contributed by atoms with Gasteiger partial charge in [-0.25, -0.2) is 4.98 Å². The number of rotatable bonds is 7. The summed E-state index contributed by atoms with van der Waals surface area (Å²) in [5, 5.41) is 3.69. The summed E-state index contributed by atoms with van der Waals surface area (Å²) < 4.78 is 2.31. The molecule has 0 amide bonds. The zero-order valence-electron chi connectivity index (χ0n) is 12.7. The van der Waals surface area contributed by atoms with E-state index >= 15 is 0 Å². The van der Waals surface area contributed by atoms with Gasteiger partial charge in [-0.3, -0.25) is 4.90 Å². The van der Waals surface area contributed by atoms with E-state index in [-0.39, 0.29) is 0 Å². The van der Waals surface area contributed by atoms with E-state index in [1.165, 1.54) is 57.4 Å². The highest BCUT2D eigenvalue weighted by Crippen LogP contribution is 2.22. The first-order valence-corrected chi connectivity index (χ1v) is 8.30. The third-order valence-electron chi connectivity index (χ3n) is 4.52. The van der Waals surface area contributed by atoms with Gasteiger partial charge in [-0.2, -0.15) is 0 Å². The zero-order chi connectivity index (χ0) is 13.8. The first-order chi connectivity index (χ1) is 9.85. The van der Waals surface area contributed by atoms with Crippen molar-refractivity contribution in [2.45, 2.75) is 58.2 Å². The Morgan fingerprint density at radius 2 is 2.25 bits per heavy atom. The molecular weight excluding hydrogens is 248 g/mol. The number of piperidine rings is 1. The van der Waals surface area contributed by atoms with Crippen LogP contribution in [0.15, 0.2) is 12.5 Å². The molecular formula is C16H28N4. The molecule has 1 aliphatic carbocycles. The van der Waals surface area contributed by atoms with E-state index in [4.69, 9.17) is 0 Å². The first kappa shape index (κ1) is 14.1. The molecule has 4 heteroatoms. The van der Waals surface area contributed by atoms with Crippen molar-refractivity contribution in [3.8, 4) is 0 Å². The van der Waals surface area contributed by atoms with Crippen LogP contribution in [0.1, 0.15) is 44.7 Å². The molecule has 1 aromatic rings. The maximum absolute atomic E-state index is 4.32. The van der Waals surface area contributed by atoms with Gasteiger partial charge in [0.25, 0.3) is 0 Å². The van der Waals surface area contributed by atoms with Gasteiger partial charge in [0.05, 0.1) is 12.0 Å². The maximum Gasteiger partial charge on any atom is 0.0948 e. The van der Waals surface area contributed by atoms with Gasteiger partial charge in [-0.1, -0.05) is 6.92 Å². The third kappa shape index (κ3) is 3.83. The van der Waals surface area contributed by atoms with Gasteiger partial charge >= 0.3 is 0 Å². The predicted octanol–water partition coefficient (Wildman–Crippen LogP) is 2.26. The fourth-order valence-corrected chi connectivity index (χ4v) is 3.23. The molecule has 3 rings (SSSR count). The minimum Gasteiger partial charge on any atom is -0.333 e. The molecule has 1 atom stereocenters. The van der Waals surface area contributed by atoms with E-state index in [0.29, 0.717) is 0 Å². The second kappa shape index (κ2) is 6.72. The Hall–Kier alpha value is -0.870. The quantitative estimate of drug-likeness (QED) is 0.829. The van der Waals surface area contributed by atoms with Crippen molar-refractivity contribution in [3.05, 3.63) is 18.2 Å². The predicted molar refractivity (Wildman–Crippen MR) is 81.5 cm³/mol. The topological polar surface area (TPSA) is 33.1 Å². The van der Waals surface area contributed by atoms with Crippen LogP contribution in [0.3, 0.4) is 0 Å². The van der Waals surface area contributed by atoms with E-state index < -0.39 is 0 Å². The SMILES string of the molecule is CCCn1cncc1CN1CCCC(CNC2CC2)C1. The summed E-state index contributed by atoms with van der Waals surface area (Å²) in [6.45, 7) is 8.10. The van der Waals surface area contributed by atoms with Crippen LogP contribution in [0, 0.1) is 5.92 Å². The molecule has 1 N–H and O–H groups in total. The molecule has 112 valence electrons. The smallest absolute Gasteiger partial charge is 0.0948 e. The van der Waals surface area contributed by atoms with Gasteiger partial charge in [-0.15, -0.1) is 0 Å². The largest absolute Gasteiger partial charge is 0.333 e. The lowest BCUT2D eigenvalue weighted by atomic mass is 9.98. The normalized spacial score (nSPS) is 24.1. The van der Waals surface area contributed by atoms with Crippen molar-refractivity contribution in [2.24, 2.45) is 5.92 Å². The van der Waals surface area contributed by atoms with Crippen LogP contribution < -0.4 is 5.32 Å². The average molecular weight is 276 g/mol. The molecule has 20 heavy (non-hydrogen) atoms. The monoisotopic (exact) mass is 276 g/mol. The van der Waals surface area contributed by atoms with E-state index in [2.05, 4.69) is 26.7 Å². The lowest BCUT2D eigenvalue weighted by Gasteiger charge is -2.33. The molecule has 1 saturated carbocycles. The summed E-state index contributed by atoms with van der Waals surface area (Å²) in [4.78, 5) is 6.93. The molecule has 0 spiro atoms. The Morgan fingerprint density at radius 3 is 3.05 bits per heavy atom. The molecule has 0 aromatic carbocycles. The van der Waals surface area contributed by atoms with Crippen molar-refractivity contribution in [2.75, 3.05) is 19.6 Å². The summed E-state index contributed by atoms with van der Waals surface area (Å²) in [7, 11) is 0. The minimum absolute atomic E-state index is 0.840. The Bertz CT molecular complexity index is 410. The van der Waals surface area contributed by atoms with Crippen molar-refractivity contribution in [3.63, 3.8) is 0 Å². The van der Waals surface area contributed by atoms with Crippen LogP contribution in [-0.2, 0) is 13.1 Å². The number of nitrogens with one attached hydrogen (secondary N) is 1. The Kier molecular flexibility index (Phi) is 4.73.